The first-order valence-corrected chi connectivity index (χ1v) is 11.5. The Balaban J connectivity index is 1.37. The highest BCUT2D eigenvalue weighted by Gasteiger charge is 2.55. The zero-order valence-corrected chi connectivity index (χ0v) is 18.6. The van der Waals surface area contributed by atoms with Crippen molar-refractivity contribution in [2.45, 2.75) is 50.0 Å². The number of nitrogens with zero attached hydrogens (tertiary/aromatic N) is 2. The lowest BCUT2D eigenvalue weighted by molar-refractivity contribution is -0.137. The molecule has 1 aliphatic heterocycles. The smallest absolute Gasteiger partial charge is 0.327 e. The molecule has 4 rings (SSSR count). The van der Waals surface area contributed by atoms with Crippen LogP contribution < -0.4 is 5.32 Å². The second-order valence-electron chi connectivity index (χ2n) is 8.84. The normalized spacial score (nSPS) is 17.9. The summed E-state index contributed by atoms with van der Waals surface area (Å²) in [6.07, 6.45) is 5.05. The van der Waals surface area contributed by atoms with Crippen LogP contribution in [0.2, 0.25) is 0 Å². The first kappa shape index (κ1) is 22.1. The second kappa shape index (κ2) is 9.55. The van der Waals surface area contributed by atoms with E-state index in [4.69, 9.17) is 0 Å². The molecule has 168 valence electrons. The van der Waals surface area contributed by atoms with Gasteiger partial charge >= 0.3 is 6.03 Å². The van der Waals surface area contributed by atoms with E-state index in [0.29, 0.717) is 19.4 Å². The zero-order valence-electron chi connectivity index (χ0n) is 18.6. The van der Waals surface area contributed by atoms with Crippen LogP contribution in [-0.4, -0.2) is 53.3 Å². The van der Waals surface area contributed by atoms with E-state index in [1.54, 1.807) is 11.9 Å². The molecule has 2 fully saturated rings. The molecule has 32 heavy (non-hydrogen) atoms. The molecule has 0 aromatic heterocycles. The zero-order chi connectivity index (χ0) is 22.6. The number of urea groups is 1. The Morgan fingerprint density at radius 1 is 0.938 bits per heavy atom. The van der Waals surface area contributed by atoms with Gasteiger partial charge in [0, 0.05) is 19.5 Å². The Morgan fingerprint density at radius 3 is 2.06 bits per heavy atom. The summed E-state index contributed by atoms with van der Waals surface area (Å²) in [5.74, 6) is -0.358. The standard InChI is InChI=1S/C26H31N3O3/c1-28-25(32)29(24(31)26(28)16-9-4-10-17-26)19-23(30)27-18-15-22(20-11-5-2-6-12-20)21-13-7-3-8-14-21/h2-3,5-8,11-14,22H,4,9-10,15-19H2,1H3,(H,27,30). The Morgan fingerprint density at radius 2 is 1.50 bits per heavy atom. The van der Waals surface area contributed by atoms with Crippen molar-refractivity contribution in [3.63, 3.8) is 0 Å². The fraction of sp³-hybridized carbons (Fsp3) is 0.423. The van der Waals surface area contributed by atoms with Gasteiger partial charge in [-0.3, -0.25) is 14.5 Å². The van der Waals surface area contributed by atoms with Gasteiger partial charge in [0.1, 0.15) is 12.1 Å². The van der Waals surface area contributed by atoms with Gasteiger partial charge in [-0.05, 0) is 30.4 Å². The first-order chi connectivity index (χ1) is 15.5. The molecule has 2 aliphatic rings. The number of carbonyl (C=O) groups is 3. The van der Waals surface area contributed by atoms with Crippen LogP contribution in [0.3, 0.4) is 0 Å². The number of hydrogen-bond donors (Lipinski definition) is 1. The minimum atomic E-state index is -0.749. The highest BCUT2D eigenvalue weighted by molar-refractivity contribution is 6.08. The van der Waals surface area contributed by atoms with Gasteiger partial charge in [-0.15, -0.1) is 0 Å². The second-order valence-corrected chi connectivity index (χ2v) is 8.84. The molecule has 0 unspecified atom stereocenters. The lowest BCUT2D eigenvalue weighted by Gasteiger charge is -2.35. The van der Waals surface area contributed by atoms with Crippen molar-refractivity contribution in [2.75, 3.05) is 20.1 Å². The van der Waals surface area contributed by atoms with E-state index < -0.39 is 5.54 Å². The highest BCUT2D eigenvalue weighted by Crippen LogP contribution is 2.39. The fourth-order valence-corrected chi connectivity index (χ4v) is 5.12. The van der Waals surface area contributed by atoms with Gasteiger partial charge in [-0.1, -0.05) is 79.9 Å². The molecule has 6 nitrogen and oxygen atoms in total. The fourth-order valence-electron chi connectivity index (χ4n) is 5.12. The van der Waals surface area contributed by atoms with Crippen molar-refractivity contribution in [1.82, 2.24) is 15.1 Å². The van der Waals surface area contributed by atoms with Crippen LogP contribution in [0.5, 0.6) is 0 Å². The van der Waals surface area contributed by atoms with E-state index in [2.05, 4.69) is 29.6 Å². The van der Waals surface area contributed by atoms with Crippen LogP contribution in [0.1, 0.15) is 55.6 Å². The summed E-state index contributed by atoms with van der Waals surface area (Å²) in [5.41, 5.74) is 1.64. The maximum absolute atomic E-state index is 13.1. The molecule has 2 aromatic carbocycles. The first-order valence-electron chi connectivity index (χ1n) is 11.5. The predicted molar refractivity (Wildman–Crippen MR) is 123 cm³/mol. The Bertz CT molecular complexity index is 915. The largest absolute Gasteiger partial charge is 0.355 e. The monoisotopic (exact) mass is 433 g/mol. The topological polar surface area (TPSA) is 69.7 Å². The molecule has 6 heteroatoms. The number of hydrogen-bond acceptors (Lipinski definition) is 3. The maximum atomic E-state index is 13.1. The summed E-state index contributed by atoms with van der Waals surface area (Å²) < 4.78 is 0. The molecule has 1 saturated heterocycles. The van der Waals surface area contributed by atoms with Gasteiger partial charge in [0.05, 0.1) is 0 Å². The van der Waals surface area contributed by atoms with E-state index in [1.807, 2.05) is 36.4 Å². The third-order valence-corrected chi connectivity index (χ3v) is 6.94. The van der Waals surface area contributed by atoms with E-state index in [1.165, 1.54) is 11.1 Å². The molecule has 1 heterocycles. The number of rotatable bonds is 7. The van der Waals surface area contributed by atoms with Crippen LogP contribution in [0.4, 0.5) is 4.79 Å². The summed E-state index contributed by atoms with van der Waals surface area (Å²) in [4.78, 5) is 41.1. The average molecular weight is 434 g/mol. The van der Waals surface area contributed by atoms with Gasteiger partial charge in [-0.2, -0.15) is 0 Å². The van der Waals surface area contributed by atoms with Crippen LogP contribution in [0, 0.1) is 0 Å². The lowest BCUT2D eigenvalue weighted by Crippen LogP contribution is -2.49. The van der Waals surface area contributed by atoms with Crippen molar-refractivity contribution in [1.29, 1.82) is 0 Å². The summed E-state index contributed by atoms with van der Waals surface area (Å²) in [6.45, 7) is 0.246. The number of amides is 4. The van der Waals surface area contributed by atoms with Crippen LogP contribution in [-0.2, 0) is 9.59 Å². The molecule has 1 saturated carbocycles. The van der Waals surface area contributed by atoms with Crippen LogP contribution >= 0.6 is 0 Å². The van der Waals surface area contributed by atoms with Crippen LogP contribution in [0.15, 0.2) is 60.7 Å². The molecule has 2 aromatic rings. The molecule has 1 N–H and O–H groups in total. The molecule has 0 bridgehead atoms. The molecule has 0 atom stereocenters. The van der Waals surface area contributed by atoms with E-state index >= 15 is 0 Å². The summed E-state index contributed by atoms with van der Waals surface area (Å²) in [7, 11) is 1.69. The van der Waals surface area contributed by atoms with Crippen molar-refractivity contribution in [3.8, 4) is 0 Å². The van der Waals surface area contributed by atoms with Gasteiger partial charge in [0.25, 0.3) is 5.91 Å². The Hall–Kier alpha value is -3.15. The maximum Gasteiger partial charge on any atom is 0.327 e. The van der Waals surface area contributed by atoms with Crippen molar-refractivity contribution in [2.24, 2.45) is 0 Å². The number of likely N-dealkylation sites (N-methyl/N-ethyl adjacent to an activating group) is 1. The minimum Gasteiger partial charge on any atom is -0.355 e. The van der Waals surface area contributed by atoms with Gasteiger partial charge in [0.2, 0.25) is 5.91 Å². The number of nitrogens with one attached hydrogen (secondary N) is 1. The highest BCUT2D eigenvalue weighted by atomic mass is 16.2. The van der Waals surface area contributed by atoms with Crippen LogP contribution in [0.25, 0.3) is 0 Å². The average Bonchev–Trinajstić information content (AvgIpc) is 3.00. The molecular formula is C26H31N3O3. The summed E-state index contributed by atoms with van der Waals surface area (Å²) in [5, 5.41) is 2.92. The molecule has 1 aliphatic carbocycles. The van der Waals surface area contributed by atoms with Crippen molar-refractivity contribution >= 4 is 17.8 Å². The quantitative estimate of drug-likeness (QED) is 0.673. The van der Waals surface area contributed by atoms with Gasteiger partial charge < -0.3 is 10.2 Å². The molecule has 0 radical (unpaired) electrons. The number of imide groups is 1. The number of carbonyl (C=O) groups excluding carboxylic acids is 3. The SMILES string of the molecule is CN1C(=O)N(CC(=O)NCCC(c2ccccc2)c2ccccc2)C(=O)C12CCCCC2. The molecule has 4 amide bonds. The van der Waals surface area contributed by atoms with Crippen molar-refractivity contribution in [3.05, 3.63) is 71.8 Å². The number of benzene rings is 2. The van der Waals surface area contributed by atoms with Gasteiger partial charge in [-0.25, -0.2) is 4.79 Å². The third kappa shape index (κ3) is 4.27. The third-order valence-electron chi connectivity index (χ3n) is 6.94. The van der Waals surface area contributed by atoms with Crippen molar-refractivity contribution < 1.29 is 14.4 Å². The van der Waals surface area contributed by atoms with Gasteiger partial charge in [0.15, 0.2) is 0 Å². The van der Waals surface area contributed by atoms with E-state index in [0.717, 1.165) is 30.6 Å². The molecular weight excluding hydrogens is 402 g/mol. The summed E-state index contributed by atoms with van der Waals surface area (Å²) in [6, 6.07) is 20.1. The lowest BCUT2D eigenvalue weighted by atomic mass is 9.81. The molecule has 1 spiro atoms. The predicted octanol–water partition coefficient (Wildman–Crippen LogP) is 3.92. The Kier molecular flexibility index (Phi) is 6.58. The van der Waals surface area contributed by atoms with E-state index in [-0.39, 0.29) is 30.3 Å². The van der Waals surface area contributed by atoms with E-state index in [9.17, 15) is 14.4 Å². The summed E-state index contributed by atoms with van der Waals surface area (Å²) >= 11 is 0. The minimum absolute atomic E-state index is 0.157. The Labute approximate surface area is 189 Å².